The van der Waals surface area contributed by atoms with Gasteiger partial charge in [-0.15, -0.1) is 0 Å². The van der Waals surface area contributed by atoms with E-state index in [2.05, 4.69) is 15.4 Å². The number of amides is 2. The van der Waals surface area contributed by atoms with Gasteiger partial charge in [-0.25, -0.2) is 9.40 Å². The molecule has 0 saturated heterocycles. The van der Waals surface area contributed by atoms with Crippen LogP contribution in [0.3, 0.4) is 0 Å². The van der Waals surface area contributed by atoms with Crippen LogP contribution in [0.5, 0.6) is 5.75 Å². The fourth-order valence-electron chi connectivity index (χ4n) is 4.08. The smallest absolute Gasteiger partial charge is 0.387 e. The van der Waals surface area contributed by atoms with Crippen LogP contribution in [0, 0.1) is 5.82 Å². The summed E-state index contributed by atoms with van der Waals surface area (Å²) >= 11 is 0. The third-order valence-electron chi connectivity index (χ3n) is 6.12. The number of nitrogens with zero attached hydrogens (tertiary/aromatic N) is 3. The number of anilines is 1. The molecule has 1 heterocycles. The van der Waals surface area contributed by atoms with Crippen LogP contribution >= 0.6 is 0 Å². The number of rotatable bonds is 13. The number of benzene rings is 2. The number of Topliss-reactive ketones (excluding diaryl/α,β-unsaturated/α-hetero) is 1. The van der Waals surface area contributed by atoms with E-state index in [9.17, 15) is 27.6 Å². The maximum absolute atomic E-state index is 13.6. The van der Waals surface area contributed by atoms with Gasteiger partial charge in [-0.1, -0.05) is 13.0 Å². The molecule has 3 rings (SSSR count). The quantitative estimate of drug-likeness (QED) is 0.301. The molecule has 2 N–H and O–H groups in total. The maximum atomic E-state index is 13.6. The summed E-state index contributed by atoms with van der Waals surface area (Å²) < 4.78 is 44.6. The third-order valence-corrected chi connectivity index (χ3v) is 6.12. The first kappa shape index (κ1) is 28.9. The second-order valence-electron chi connectivity index (χ2n) is 8.83. The minimum absolute atomic E-state index is 0.00774. The van der Waals surface area contributed by atoms with E-state index >= 15 is 0 Å². The van der Waals surface area contributed by atoms with Crippen molar-refractivity contribution in [1.82, 2.24) is 20.7 Å². The lowest BCUT2D eigenvalue weighted by Crippen LogP contribution is -2.48. The Kier molecular flexibility index (Phi) is 10.1. The molecule has 0 aliphatic carbocycles. The van der Waals surface area contributed by atoms with Crippen molar-refractivity contribution in [3.8, 4) is 5.75 Å². The minimum atomic E-state index is -3.16. The lowest BCUT2D eigenvalue weighted by atomic mass is 10.1. The van der Waals surface area contributed by atoms with E-state index in [-0.39, 0.29) is 41.7 Å². The number of hydrogen-bond donors (Lipinski definition) is 2. The molecule has 1 aliphatic rings. The van der Waals surface area contributed by atoms with Crippen molar-refractivity contribution in [2.75, 3.05) is 44.7 Å². The number of alkyl halides is 2. The van der Waals surface area contributed by atoms with E-state index in [1.165, 1.54) is 47.2 Å². The highest BCUT2D eigenvalue weighted by Crippen LogP contribution is 2.32. The van der Waals surface area contributed by atoms with Crippen molar-refractivity contribution >= 4 is 23.3 Å². The summed E-state index contributed by atoms with van der Waals surface area (Å²) in [5, 5.41) is 8.86. The molecule has 38 heavy (non-hydrogen) atoms. The standard InChI is InChI=1S/C26H32F3N5O4/c1-4-30-9-10-31-24(36)15-33(22-12-18(17(2)35)6-8-23(22)38-26(28)29)16-25(37)32(3)34-13-19-5-7-21(27)11-20(19)14-34/h5-8,11-12,26,30H,4,9-10,13-16H2,1-3H3,(H,31,36). The molecule has 2 amide bonds. The summed E-state index contributed by atoms with van der Waals surface area (Å²) in [6, 6.07) is 8.31. The summed E-state index contributed by atoms with van der Waals surface area (Å²) in [5.74, 6) is -1.86. The minimum Gasteiger partial charge on any atom is -0.433 e. The first-order valence-electron chi connectivity index (χ1n) is 12.2. The average Bonchev–Trinajstić information content (AvgIpc) is 3.28. The Morgan fingerprint density at radius 1 is 1.05 bits per heavy atom. The predicted molar refractivity (Wildman–Crippen MR) is 135 cm³/mol. The fourth-order valence-corrected chi connectivity index (χ4v) is 4.08. The Morgan fingerprint density at radius 3 is 2.47 bits per heavy atom. The van der Waals surface area contributed by atoms with Crippen LogP contribution in [-0.2, 0) is 22.7 Å². The Morgan fingerprint density at radius 2 is 1.79 bits per heavy atom. The van der Waals surface area contributed by atoms with Gasteiger partial charge in [-0.3, -0.25) is 19.4 Å². The van der Waals surface area contributed by atoms with E-state index in [1.807, 2.05) is 6.92 Å². The summed E-state index contributed by atoms with van der Waals surface area (Å²) in [7, 11) is 1.54. The highest BCUT2D eigenvalue weighted by Gasteiger charge is 2.28. The van der Waals surface area contributed by atoms with Gasteiger partial charge in [0.15, 0.2) is 5.78 Å². The molecule has 2 aromatic carbocycles. The number of carbonyl (C=O) groups excluding carboxylic acids is 3. The van der Waals surface area contributed by atoms with Gasteiger partial charge < -0.3 is 20.3 Å². The van der Waals surface area contributed by atoms with Crippen LogP contribution in [0.25, 0.3) is 0 Å². The second kappa shape index (κ2) is 13.2. The van der Waals surface area contributed by atoms with Gasteiger partial charge in [-0.2, -0.15) is 8.78 Å². The lowest BCUT2D eigenvalue weighted by Gasteiger charge is -2.32. The second-order valence-corrected chi connectivity index (χ2v) is 8.83. The molecular weight excluding hydrogens is 503 g/mol. The zero-order valence-corrected chi connectivity index (χ0v) is 21.6. The highest BCUT2D eigenvalue weighted by atomic mass is 19.3. The highest BCUT2D eigenvalue weighted by molar-refractivity contribution is 5.96. The summed E-state index contributed by atoms with van der Waals surface area (Å²) in [6.45, 7) is 1.62. The molecule has 0 unspecified atom stereocenters. The molecular formula is C26H32F3N5O4. The van der Waals surface area contributed by atoms with Gasteiger partial charge in [0.2, 0.25) is 5.91 Å². The van der Waals surface area contributed by atoms with Crippen LogP contribution in [0.15, 0.2) is 36.4 Å². The summed E-state index contributed by atoms with van der Waals surface area (Å²) in [6.07, 6.45) is 0. The number of nitrogens with one attached hydrogen (secondary N) is 2. The van der Waals surface area contributed by atoms with E-state index in [1.54, 1.807) is 18.1 Å². The Labute approximate surface area is 219 Å². The predicted octanol–water partition coefficient (Wildman–Crippen LogP) is 2.55. The number of hydrogen-bond acceptors (Lipinski definition) is 7. The SMILES string of the molecule is CCNCCNC(=O)CN(CC(=O)N(C)N1Cc2ccc(F)cc2C1)c1cc(C(C)=O)ccc1OC(F)F. The van der Waals surface area contributed by atoms with Gasteiger partial charge in [0.1, 0.15) is 11.6 Å². The molecule has 1 aliphatic heterocycles. The Bertz CT molecular complexity index is 1160. The van der Waals surface area contributed by atoms with Crippen LogP contribution in [-0.4, -0.2) is 74.0 Å². The van der Waals surface area contributed by atoms with E-state index in [0.717, 1.165) is 17.7 Å². The zero-order chi connectivity index (χ0) is 27.8. The van der Waals surface area contributed by atoms with Crippen molar-refractivity contribution in [3.05, 3.63) is 58.9 Å². The van der Waals surface area contributed by atoms with E-state index in [4.69, 9.17) is 0 Å². The zero-order valence-electron chi connectivity index (χ0n) is 21.6. The normalized spacial score (nSPS) is 12.8. The van der Waals surface area contributed by atoms with Crippen molar-refractivity contribution in [2.45, 2.75) is 33.5 Å². The molecule has 9 nitrogen and oxygen atoms in total. The number of fused-ring (bicyclic) bond motifs is 1. The molecule has 0 saturated carbocycles. The molecule has 206 valence electrons. The van der Waals surface area contributed by atoms with Gasteiger partial charge >= 0.3 is 6.61 Å². The van der Waals surface area contributed by atoms with Crippen molar-refractivity contribution in [2.24, 2.45) is 0 Å². The summed E-state index contributed by atoms with van der Waals surface area (Å²) in [4.78, 5) is 39.4. The maximum Gasteiger partial charge on any atom is 0.387 e. The lowest BCUT2D eigenvalue weighted by molar-refractivity contribution is -0.145. The first-order chi connectivity index (χ1) is 18.1. The Hall–Kier alpha value is -3.64. The molecule has 0 aromatic heterocycles. The number of likely N-dealkylation sites (N-methyl/N-ethyl adjacent to an activating group) is 2. The number of halogens is 3. The van der Waals surface area contributed by atoms with Crippen molar-refractivity contribution < 1.29 is 32.3 Å². The number of ketones is 1. The molecule has 2 aromatic rings. The molecule has 0 radical (unpaired) electrons. The molecule has 0 spiro atoms. The first-order valence-corrected chi connectivity index (χ1v) is 12.2. The largest absolute Gasteiger partial charge is 0.433 e. The fraction of sp³-hybridized carbons (Fsp3) is 0.423. The van der Waals surface area contributed by atoms with Crippen LogP contribution < -0.4 is 20.3 Å². The van der Waals surface area contributed by atoms with Gasteiger partial charge in [-0.05, 0) is 54.9 Å². The van der Waals surface area contributed by atoms with Crippen molar-refractivity contribution in [1.29, 1.82) is 0 Å². The molecule has 12 heteroatoms. The van der Waals surface area contributed by atoms with Crippen LogP contribution in [0.1, 0.15) is 35.3 Å². The van der Waals surface area contributed by atoms with E-state index < -0.39 is 18.4 Å². The van der Waals surface area contributed by atoms with Crippen LogP contribution in [0.2, 0.25) is 0 Å². The number of ether oxygens (including phenoxy) is 1. The summed E-state index contributed by atoms with van der Waals surface area (Å²) in [5.41, 5.74) is 1.85. The van der Waals surface area contributed by atoms with Gasteiger partial charge in [0, 0.05) is 38.8 Å². The molecule has 0 atom stereocenters. The average molecular weight is 536 g/mol. The monoisotopic (exact) mass is 535 g/mol. The third kappa shape index (κ3) is 7.68. The molecule has 0 fully saturated rings. The van der Waals surface area contributed by atoms with E-state index in [0.29, 0.717) is 26.2 Å². The van der Waals surface area contributed by atoms with Gasteiger partial charge in [0.25, 0.3) is 5.91 Å². The molecule has 0 bridgehead atoms. The Balaban J connectivity index is 1.84. The van der Waals surface area contributed by atoms with Crippen molar-refractivity contribution in [3.63, 3.8) is 0 Å². The van der Waals surface area contributed by atoms with Crippen LogP contribution in [0.4, 0.5) is 18.9 Å². The number of hydrazine groups is 1. The van der Waals surface area contributed by atoms with Gasteiger partial charge in [0.05, 0.1) is 18.8 Å². The topological polar surface area (TPSA) is 94.2 Å². The number of carbonyl (C=O) groups is 3.